The monoisotopic (exact) mass is 430 g/mol. The van der Waals surface area contributed by atoms with Gasteiger partial charge in [0.1, 0.15) is 10.6 Å². The van der Waals surface area contributed by atoms with Crippen LogP contribution >= 0.6 is 11.6 Å². The second-order valence-electron chi connectivity index (χ2n) is 6.15. The van der Waals surface area contributed by atoms with Gasteiger partial charge in [0.2, 0.25) is 0 Å². The lowest BCUT2D eigenvalue weighted by Gasteiger charge is -2.23. The summed E-state index contributed by atoms with van der Waals surface area (Å²) in [5.74, 6) is -0.501. The third-order valence-corrected chi connectivity index (χ3v) is 6.49. The average Bonchev–Trinajstić information content (AvgIpc) is 2.71. The summed E-state index contributed by atoms with van der Waals surface area (Å²) in [6.07, 6.45) is 2.83. The second kappa shape index (κ2) is 8.59. The molecule has 0 atom stereocenters. The molecule has 0 unspecified atom stereocenters. The van der Waals surface area contributed by atoms with Crippen molar-refractivity contribution in [2.75, 3.05) is 16.2 Å². The van der Waals surface area contributed by atoms with Crippen LogP contribution in [0.15, 0.2) is 65.8 Å². The van der Waals surface area contributed by atoms with Crippen LogP contribution in [-0.4, -0.2) is 30.8 Å². The molecule has 0 saturated heterocycles. The number of aryl methyl sites for hydroxylation is 1. The van der Waals surface area contributed by atoms with Gasteiger partial charge in [-0.3, -0.25) is 14.1 Å². The number of hydrogen-bond donors (Lipinski definition) is 1. The molecule has 0 aliphatic heterocycles. The molecule has 1 N–H and O–H groups in total. The first kappa shape index (κ1) is 20.8. The molecule has 29 heavy (non-hydrogen) atoms. The van der Waals surface area contributed by atoms with Gasteiger partial charge in [-0.15, -0.1) is 0 Å². The Bertz CT molecular complexity index is 1120. The van der Waals surface area contributed by atoms with Crippen LogP contribution in [0.1, 0.15) is 23.1 Å². The van der Waals surface area contributed by atoms with Crippen LogP contribution in [0.2, 0.25) is 5.02 Å². The van der Waals surface area contributed by atoms with E-state index in [-0.39, 0.29) is 27.8 Å². The maximum Gasteiger partial charge on any atom is 0.275 e. The van der Waals surface area contributed by atoms with E-state index in [4.69, 9.17) is 11.6 Å². The maximum atomic E-state index is 13.2. The molecule has 3 aromatic rings. The molecule has 0 saturated carbocycles. The number of nitrogens with one attached hydrogen (secondary N) is 1. The highest BCUT2D eigenvalue weighted by Gasteiger charge is 2.26. The molecule has 0 aliphatic carbocycles. The van der Waals surface area contributed by atoms with Gasteiger partial charge in [0.15, 0.2) is 0 Å². The Labute approximate surface area is 174 Å². The van der Waals surface area contributed by atoms with Gasteiger partial charge in [0, 0.05) is 18.4 Å². The fraction of sp³-hybridized carbons (Fsp3) is 0.150. The van der Waals surface area contributed by atoms with Gasteiger partial charge < -0.3 is 5.32 Å². The number of carbonyl (C=O) groups excluding carboxylic acids is 1. The smallest absolute Gasteiger partial charge is 0.275 e. The van der Waals surface area contributed by atoms with Crippen molar-refractivity contribution >= 4 is 38.9 Å². The number of rotatable bonds is 6. The number of amides is 1. The van der Waals surface area contributed by atoms with Gasteiger partial charge >= 0.3 is 0 Å². The number of nitrogens with zero attached hydrogens (tertiary/aromatic N) is 3. The molecule has 2 aromatic carbocycles. The first-order valence-electron chi connectivity index (χ1n) is 8.80. The summed E-state index contributed by atoms with van der Waals surface area (Å²) in [6, 6.07) is 13.0. The van der Waals surface area contributed by atoms with Gasteiger partial charge in [-0.2, -0.15) is 0 Å². The number of benzene rings is 2. The van der Waals surface area contributed by atoms with Crippen molar-refractivity contribution in [3.05, 3.63) is 77.3 Å². The zero-order valence-corrected chi connectivity index (χ0v) is 17.4. The van der Waals surface area contributed by atoms with Crippen LogP contribution in [0, 0.1) is 6.92 Å². The summed E-state index contributed by atoms with van der Waals surface area (Å²) in [6.45, 7) is 3.72. The molecule has 1 amide bonds. The van der Waals surface area contributed by atoms with Crippen LogP contribution in [0.5, 0.6) is 0 Å². The third-order valence-electron chi connectivity index (χ3n) is 4.10. The predicted octanol–water partition coefficient (Wildman–Crippen LogP) is 3.91. The van der Waals surface area contributed by atoms with E-state index in [9.17, 15) is 13.2 Å². The number of anilines is 2. The third kappa shape index (κ3) is 4.55. The number of aromatic nitrogens is 2. The van der Waals surface area contributed by atoms with Crippen LogP contribution in [-0.2, 0) is 10.0 Å². The molecule has 9 heteroatoms. The van der Waals surface area contributed by atoms with Crippen LogP contribution < -0.4 is 9.62 Å². The van der Waals surface area contributed by atoms with Crippen molar-refractivity contribution in [1.29, 1.82) is 0 Å². The molecule has 1 heterocycles. The number of hydrogen-bond acceptors (Lipinski definition) is 5. The summed E-state index contributed by atoms with van der Waals surface area (Å²) >= 11 is 6.20. The predicted molar refractivity (Wildman–Crippen MR) is 113 cm³/mol. The van der Waals surface area contributed by atoms with Crippen LogP contribution in [0.3, 0.4) is 0 Å². The number of carbonyl (C=O) groups is 1. The standard InChI is InChI=1S/C20H19ClN4O3S/c1-3-25(16-7-5-4-6-8-16)29(27,28)19-11-15(9-10-17(19)21)24-20(26)18-13-22-14(2)12-23-18/h4-13H,3H2,1-2H3,(H,24,26). The van der Waals surface area contributed by atoms with E-state index in [2.05, 4.69) is 15.3 Å². The lowest BCUT2D eigenvalue weighted by molar-refractivity contribution is 0.102. The Morgan fingerprint density at radius 3 is 2.45 bits per heavy atom. The molecular formula is C20H19ClN4O3S. The Kier molecular flexibility index (Phi) is 6.14. The first-order chi connectivity index (χ1) is 13.8. The van der Waals surface area contributed by atoms with Gasteiger partial charge in [0.05, 0.1) is 22.6 Å². The minimum atomic E-state index is -3.94. The summed E-state index contributed by atoms with van der Waals surface area (Å²) in [5.41, 5.74) is 1.61. The molecule has 150 valence electrons. The summed E-state index contributed by atoms with van der Waals surface area (Å²) < 4.78 is 27.7. The van der Waals surface area contributed by atoms with Crippen molar-refractivity contribution in [2.24, 2.45) is 0 Å². The second-order valence-corrected chi connectivity index (χ2v) is 8.39. The van der Waals surface area contributed by atoms with Gasteiger partial charge in [-0.1, -0.05) is 29.8 Å². The molecule has 0 spiro atoms. The van der Waals surface area contributed by atoms with Gasteiger partial charge in [-0.25, -0.2) is 13.4 Å². The summed E-state index contributed by atoms with van der Waals surface area (Å²) in [5, 5.41) is 2.69. The largest absolute Gasteiger partial charge is 0.321 e. The minimum absolute atomic E-state index is 0.0625. The van der Waals surface area contributed by atoms with E-state index in [0.29, 0.717) is 11.4 Å². The lowest BCUT2D eigenvalue weighted by Crippen LogP contribution is -2.31. The van der Waals surface area contributed by atoms with E-state index in [1.54, 1.807) is 44.2 Å². The fourth-order valence-electron chi connectivity index (χ4n) is 2.69. The zero-order chi connectivity index (χ0) is 21.0. The topological polar surface area (TPSA) is 92.3 Å². The Morgan fingerprint density at radius 2 is 1.83 bits per heavy atom. The first-order valence-corrected chi connectivity index (χ1v) is 10.6. The van der Waals surface area contributed by atoms with E-state index in [0.717, 1.165) is 0 Å². The van der Waals surface area contributed by atoms with Crippen LogP contribution in [0.4, 0.5) is 11.4 Å². The quantitative estimate of drug-likeness (QED) is 0.640. The normalized spacial score (nSPS) is 11.1. The van der Waals surface area contributed by atoms with Crippen molar-refractivity contribution < 1.29 is 13.2 Å². The Morgan fingerprint density at radius 1 is 1.10 bits per heavy atom. The average molecular weight is 431 g/mol. The molecule has 0 bridgehead atoms. The van der Waals surface area contributed by atoms with Gasteiger partial charge in [0.25, 0.3) is 15.9 Å². The number of halogens is 1. The van der Waals surface area contributed by atoms with E-state index in [1.807, 2.05) is 0 Å². The highest BCUT2D eigenvalue weighted by atomic mass is 35.5. The SMILES string of the molecule is CCN(c1ccccc1)S(=O)(=O)c1cc(NC(=O)c2cnc(C)cn2)ccc1Cl. The molecule has 1 aromatic heterocycles. The van der Waals surface area contributed by atoms with Crippen LogP contribution in [0.25, 0.3) is 0 Å². The van der Waals surface area contributed by atoms with E-state index in [1.165, 1.54) is 34.9 Å². The molecule has 7 nitrogen and oxygen atoms in total. The Hall–Kier alpha value is -2.97. The summed E-state index contributed by atoms with van der Waals surface area (Å²) in [7, 11) is -3.94. The molecular weight excluding hydrogens is 412 g/mol. The molecule has 3 rings (SSSR count). The van der Waals surface area contributed by atoms with Crippen molar-refractivity contribution in [3.8, 4) is 0 Å². The Balaban J connectivity index is 1.94. The van der Waals surface area contributed by atoms with E-state index < -0.39 is 15.9 Å². The highest BCUT2D eigenvalue weighted by Crippen LogP contribution is 2.30. The van der Waals surface area contributed by atoms with Crippen molar-refractivity contribution in [2.45, 2.75) is 18.7 Å². The molecule has 0 radical (unpaired) electrons. The highest BCUT2D eigenvalue weighted by molar-refractivity contribution is 7.93. The van der Waals surface area contributed by atoms with E-state index >= 15 is 0 Å². The molecule has 0 fully saturated rings. The fourth-order valence-corrected chi connectivity index (χ4v) is 4.67. The van der Waals surface area contributed by atoms with Gasteiger partial charge in [-0.05, 0) is 44.2 Å². The lowest BCUT2D eigenvalue weighted by atomic mass is 10.3. The number of sulfonamides is 1. The molecule has 0 aliphatic rings. The zero-order valence-electron chi connectivity index (χ0n) is 15.8. The minimum Gasteiger partial charge on any atom is -0.321 e. The van der Waals surface area contributed by atoms with Crippen molar-refractivity contribution in [1.82, 2.24) is 9.97 Å². The summed E-state index contributed by atoms with van der Waals surface area (Å²) in [4.78, 5) is 20.3. The van der Waals surface area contributed by atoms with Crippen molar-refractivity contribution in [3.63, 3.8) is 0 Å². The number of para-hydroxylation sites is 1. The maximum absolute atomic E-state index is 13.2.